The predicted molar refractivity (Wildman–Crippen MR) is 240 cm³/mol. The van der Waals surface area contributed by atoms with E-state index in [2.05, 4.69) is 191 Å². The molecule has 7 aromatic carbocycles. The van der Waals surface area contributed by atoms with Gasteiger partial charge in [0.15, 0.2) is 5.82 Å². The van der Waals surface area contributed by atoms with Crippen molar-refractivity contribution in [3.05, 3.63) is 199 Å². The number of nitrogens with zero attached hydrogens (tertiary/aromatic N) is 4. The van der Waals surface area contributed by atoms with E-state index < -0.39 is 0 Å². The molecule has 10 aromatic rings. The van der Waals surface area contributed by atoms with Gasteiger partial charge in [-0.2, -0.15) is 0 Å². The number of rotatable bonds is 5. The summed E-state index contributed by atoms with van der Waals surface area (Å²) in [6.07, 6.45) is 5.79. The fourth-order valence-corrected chi connectivity index (χ4v) is 10.4. The third-order valence-electron chi connectivity index (χ3n) is 11.7. The van der Waals surface area contributed by atoms with Crippen molar-refractivity contribution in [1.82, 2.24) is 14.5 Å². The summed E-state index contributed by atoms with van der Waals surface area (Å²) in [4.78, 5) is 13.1. The number of thiophene rings is 1. The Bertz CT molecular complexity index is 3270. The van der Waals surface area contributed by atoms with E-state index in [-0.39, 0.29) is 6.04 Å². The van der Waals surface area contributed by atoms with Gasteiger partial charge in [0.1, 0.15) is 0 Å². The third kappa shape index (κ3) is 4.99. The van der Waals surface area contributed by atoms with Gasteiger partial charge in [0.05, 0.1) is 43.4 Å². The maximum atomic E-state index is 5.27. The lowest BCUT2D eigenvalue weighted by Gasteiger charge is -2.30. The molecule has 0 radical (unpaired) electrons. The average molecular weight is 747 g/mol. The molecule has 0 saturated heterocycles. The summed E-state index contributed by atoms with van der Waals surface area (Å²) in [5.41, 5.74) is 15.3. The first-order valence-corrected chi connectivity index (χ1v) is 20.3. The minimum Gasteiger partial charge on any atom is -0.332 e. The summed E-state index contributed by atoms with van der Waals surface area (Å²) in [7, 11) is 0. The molecule has 1 aliphatic carbocycles. The van der Waals surface area contributed by atoms with Crippen molar-refractivity contribution in [2.45, 2.75) is 12.5 Å². The van der Waals surface area contributed by atoms with Crippen LogP contribution in [0.1, 0.15) is 17.5 Å². The number of benzene rings is 7. The van der Waals surface area contributed by atoms with Crippen molar-refractivity contribution >= 4 is 76.0 Å². The molecule has 1 atom stereocenters. The number of hydrogen-bond acceptors (Lipinski definition) is 4. The normalized spacial score (nSPS) is 14.9. The number of hydrogen-bond donors (Lipinski definition) is 0. The van der Waals surface area contributed by atoms with E-state index in [1.54, 1.807) is 0 Å². The van der Waals surface area contributed by atoms with E-state index >= 15 is 0 Å². The molecule has 57 heavy (non-hydrogen) atoms. The topological polar surface area (TPSA) is 34.0 Å². The van der Waals surface area contributed by atoms with Crippen LogP contribution in [0.5, 0.6) is 0 Å². The van der Waals surface area contributed by atoms with Crippen molar-refractivity contribution < 1.29 is 0 Å². The van der Waals surface area contributed by atoms with Gasteiger partial charge >= 0.3 is 0 Å². The van der Waals surface area contributed by atoms with E-state index in [4.69, 9.17) is 9.97 Å². The average Bonchev–Trinajstić information content (AvgIpc) is 3.94. The first-order chi connectivity index (χ1) is 28.3. The van der Waals surface area contributed by atoms with E-state index in [1.165, 1.54) is 65.8 Å². The van der Waals surface area contributed by atoms with Crippen LogP contribution in [0.2, 0.25) is 0 Å². The van der Waals surface area contributed by atoms with Crippen LogP contribution in [0.3, 0.4) is 0 Å². The maximum absolute atomic E-state index is 5.27. The molecular formula is C52H34N4S. The third-order valence-corrected chi connectivity index (χ3v) is 12.9. The van der Waals surface area contributed by atoms with Gasteiger partial charge in [-0.15, -0.1) is 11.3 Å². The van der Waals surface area contributed by atoms with Gasteiger partial charge in [-0.25, -0.2) is 9.97 Å². The SMILES string of the molecule is C1=C(c2ccc3c(c2)c2ccccc2n3-c2ccccc2)C=C2c3ccccc3N(c3cccc4c3sc3c(-c5ccccc5)nc(-c5ccccc5)nc34)C2C1. The smallest absolute Gasteiger partial charge is 0.160 e. The molecule has 2 aliphatic rings. The molecule has 0 saturated carbocycles. The van der Waals surface area contributed by atoms with Gasteiger partial charge in [-0.3, -0.25) is 0 Å². The number of aromatic nitrogens is 3. The Morgan fingerprint density at radius 1 is 0.526 bits per heavy atom. The Kier molecular flexibility index (Phi) is 7.19. The van der Waals surface area contributed by atoms with Crippen LogP contribution in [0.25, 0.3) is 81.6 Å². The van der Waals surface area contributed by atoms with Crippen molar-refractivity contribution in [1.29, 1.82) is 0 Å². The molecule has 4 nitrogen and oxygen atoms in total. The lowest BCUT2D eigenvalue weighted by molar-refractivity contribution is 0.834. The van der Waals surface area contributed by atoms with Crippen LogP contribution in [-0.2, 0) is 0 Å². The number of para-hydroxylation sites is 3. The summed E-state index contributed by atoms with van der Waals surface area (Å²) in [5, 5.41) is 3.70. The number of anilines is 2. The maximum Gasteiger partial charge on any atom is 0.160 e. The zero-order valence-electron chi connectivity index (χ0n) is 30.9. The van der Waals surface area contributed by atoms with Gasteiger partial charge in [-0.1, -0.05) is 140 Å². The molecule has 0 spiro atoms. The highest BCUT2D eigenvalue weighted by Crippen LogP contribution is 2.52. The number of fused-ring (bicyclic) bond motifs is 9. The van der Waals surface area contributed by atoms with Gasteiger partial charge < -0.3 is 9.47 Å². The van der Waals surface area contributed by atoms with Crippen LogP contribution in [0.15, 0.2) is 188 Å². The summed E-state index contributed by atoms with van der Waals surface area (Å²) in [5.74, 6) is 0.747. The first kappa shape index (κ1) is 32.2. The first-order valence-electron chi connectivity index (χ1n) is 19.5. The Hall–Kier alpha value is -7.08. The minimum atomic E-state index is 0.172. The van der Waals surface area contributed by atoms with E-state index in [0.29, 0.717) is 0 Å². The summed E-state index contributed by atoms with van der Waals surface area (Å²) in [6, 6.07) is 63.1. The second kappa shape index (κ2) is 12.7. The molecule has 12 rings (SSSR count). The lowest BCUT2D eigenvalue weighted by atomic mass is 9.89. The van der Waals surface area contributed by atoms with Crippen LogP contribution in [0, 0.1) is 0 Å². The molecule has 4 heterocycles. The van der Waals surface area contributed by atoms with Crippen molar-refractivity contribution in [3.8, 4) is 28.3 Å². The van der Waals surface area contributed by atoms with Gasteiger partial charge in [0.25, 0.3) is 0 Å². The Balaban J connectivity index is 0.992. The molecule has 0 bridgehead atoms. The zero-order chi connectivity index (χ0) is 37.5. The largest absolute Gasteiger partial charge is 0.332 e. The van der Waals surface area contributed by atoms with Crippen LogP contribution in [0.4, 0.5) is 11.4 Å². The number of allylic oxidation sites excluding steroid dienone is 2. The van der Waals surface area contributed by atoms with Gasteiger partial charge in [0.2, 0.25) is 0 Å². The zero-order valence-corrected chi connectivity index (χ0v) is 31.7. The molecule has 268 valence electrons. The quantitative estimate of drug-likeness (QED) is 0.176. The molecule has 1 aliphatic heterocycles. The fourth-order valence-electron chi connectivity index (χ4n) is 9.14. The molecule has 0 fully saturated rings. The summed E-state index contributed by atoms with van der Waals surface area (Å²) < 4.78 is 4.73. The van der Waals surface area contributed by atoms with Crippen LogP contribution >= 0.6 is 11.3 Å². The highest BCUT2D eigenvalue weighted by Gasteiger charge is 2.37. The Labute approximate surface area is 334 Å². The van der Waals surface area contributed by atoms with Crippen molar-refractivity contribution in [2.24, 2.45) is 0 Å². The lowest BCUT2D eigenvalue weighted by Crippen LogP contribution is -2.27. The van der Waals surface area contributed by atoms with Gasteiger partial charge in [-0.05, 0) is 71.7 Å². The minimum absolute atomic E-state index is 0.172. The van der Waals surface area contributed by atoms with Crippen LogP contribution < -0.4 is 4.90 Å². The highest BCUT2D eigenvalue weighted by molar-refractivity contribution is 7.26. The van der Waals surface area contributed by atoms with E-state index in [9.17, 15) is 0 Å². The molecule has 5 heteroatoms. The Morgan fingerprint density at radius 2 is 1.21 bits per heavy atom. The molecule has 1 unspecified atom stereocenters. The molecule has 0 amide bonds. The van der Waals surface area contributed by atoms with Crippen molar-refractivity contribution in [2.75, 3.05) is 4.90 Å². The molecular weight excluding hydrogens is 713 g/mol. The van der Waals surface area contributed by atoms with Gasteiger partial charge in [0, 0.05) is 44.2 Å². The monoisotopic (exact) mass is 746 g/mol. The standard InChI is InChI=1S/C52H34N4S/c1-4-15-33(16-5-1)48-51-49(54-52(53-48)34-17-6-2-7-18-34)40-23-14-26-47(50(40)57-51)56-44-25-13-11-22-39(44)42-32-36(28-30-46(42)56)35-27-29-45-41(31-35)38-21-10-12-24-43(38)55(45)37-19-8-3-9-20-37/h1-29,31-32,46H,30H2. The summed E-state index contributed by atoms with van der Waals surface area (Å²) in [6.45, 7) is 0. The van der Waals surface area contributed by atoms with E-state index in [0.717, 1.165) is 44.7 Å². The van der Waals surface area contributed by atoms with Crippen LogP contribution in [-0.4, -0.2) is 20.6 Å². The second-order valence-electron chi connectivity index (χ2n) is 14.9. The predicted octanol–water partition coefficient (Wildman–Crippen LogP) is 13.7. The fraction of sp³-hybridized carbons (Fsp3) is 0.0385. The molecule has 3 aromatic heterocycles. The summed E-state index contributed by atoms with van der Waals surface area (Å²) >= 11 is 1.81. The molecule has 0 N–H and O–H groups in total. The second-order valence-corrected chi connectivity index (χ2v) is 15.9. The highest BCUT2D eigenvalue weighted by atomic mass is 32.1. The van der Waals surface area contributed by atoms with Crippen molar-refractivity contribution in [3.63, 3.8) is 0 Å². The Morgan fingerprint density at radius 3 is 2.05 bits per heavy atom. The van der Waals surface area contributed by atoms with E-state index in [1.807, 2.05) is 17.4 Å².